The highest BCUT2D eigenvalue weighted by Crippen LogP contribution is 2.50. The molecule has 2 unspecified atom stereocenters. The standard InChI is InChI=1S/C37H22N2O2/c38-21-22-13-15-34-27(17-22)29-19-30-28-18-23(14-16-35(28)41-37(30)20-36(29)40-34)24-7-1-4-10-31(24)39-32-11-5-2-8-25(32)26-9-3-6-12-33(26)39/h1-20,25,32H. The van der Waals surface area contributed by atoms with E-state index in [1.807, 2.05) is 18.2 Å². The van der Waals surface area contributed by atoms with Crippen LogP contribution in [0.3, 0.4) is 0 Å². The first-order valence-electron chi connectivity index (χ1n) is 13.8. The van der Waals surface area contributed by atoms with Crippen molar-refractivity contribution in [2.24, 2.45) is 0 Å². The summed E-state index contributed by atoms with van der Waals surface area (Å²) in [6.45, 7) is 0. The average molecular weight is 527 g/mol. The number of fused-ring (bicyclic) bond motifs is 9. The summed E-state index contributed by atoms with van der Waals surface area (Å²) in [6, 6.07) is 36.0. The largest absolute Gasteiger partial charge is 0.456 e. The fourth-order valence-corrected chi connectivity index (χ4v) is 6.78. The Hall–Kier alpha value is -5.53. The smallest absolute Gasteiger partial charge is 0.139 e. The third-order valence-electron chi connectivity index (χ3n) is 8.62. The number of allylic oxidation sites excluding steroid dienone is 2. The number of nitrogens with zero attached hydrogens (tertiary/aromatic N) is 2. The van der Waals surface area contributed by atoms with E-state index in [1.54, 1.807) is 6.07 Å². The van der Waals surface area contributed by atoms with Crippen LogP contribution in [0.4, 0.5) is 11.4 Å². The molecule has 0 amide bonds. The predicted molar refractivity (Wildman–Crippen MR) is 165 cm³/mol. The van der Waals surface area contributed by atoms with E-state index in [9.17, 15) is 5.26 Å². The van der Waals surface area contributed by atoms with E-state index in [0.29, 0.717) is 11.5 Å². The van der Waals surface area contributed by atoms with E-state index in [0.717, 1.165) is 49.4 Å². The lowest BCUT2D eigenvalue weighted by Gasteiger charge is -2.30. The van der Waals surface area contributed by atoms with E-state index in [4.69, 9.17) is 8.83 Å². The average Bonchev–Trinajstić information content (AvgIpc) is 3.68. The van der Waals surface area contributed by atoms with E-state index in [2.05, 4.69) is 108 Å². The van der Waals surface area contributed by atoms with Gasteiger partial charge >= 0.3 is 0 Å². The number of nitriles is 1. The second-order valence-corrected chi connectivity index (χ2v) is 10.8. The van der Waals surface area contributed by atoms with Crippen LogP contribution in [0, 0.1) is 11.3 Å². The third-order valence-corrected chi connectivity index (χ3v) is 8.62. The van der Waals surface area contributed by atoms with Crippen molar-refractivity contribution in [3.63, 3.8) is 0 Å². The molecule has 0 bridgehead atoms. The van der Waals surface area contributed by atoms with Gasteiger partial charge in [-0.25, -0.2) is 0 Å². The van der Waals surface area contributed by atoms with Gasteiger partial charge in [-0.15, -0.1) is 0 Å². The van der Waals surface area contributed by atoms with Crippen molar-refractivity contribution < 1.29 is 8.83 Å². The number of benzene rings is 5. The Bertz CT molecular complexity index is 2310. The normalized spacial score (nSPS) is 17.5. The summed E-state index contributed by atoms with van der Waals surface area (Å²) >= 11 is 0. The van der Waals surface area contributed by atoms with Crippen molar-refractivity contribution in [2.45, 2.75) is 12.0 Å². The zero-order chi connectivity index (χ0) is 27.1. The molecule has 0 N–H and O–H groups in total. The molecule has 1 aliphatic heterocycles. The molecular weight excluding hydrogens is 504 g/mol. The number of rotatable bonds is 2. The van der Waals surface area contributed by atoms with E-state index < -0.39 is 0 Å². The van der Waals surface area contributed by atoms with Crippen molar-refractivity contribution in [2.75, 3.05) is 4.90 Å². The highest BCUT2D eigenvalue weighted by molar-refractivity contribution is 6.15. The van der Waals surface area contributed by atoms with Crippen LogP contribution < -0.4 is 4.90 Å². The van der Waals surface area contributed by atoms with Crippen LogP contribution in [0.5, 0.6) is 0 Å². The summed E-state index contributed by atoms with van der Waals surface area (Å²) in [5, 5.41) is 13.4. The maximum atomic E-state index is 9.44. The number of anilines is 2. The highest BCUT2D eigenvalue weighted by atomic mass is 16.3. The van der Waals surface area contributed by atoms with Crippen molar-refractivity contribution in [3.8, 4) is 17.2 Å². The Morgan fingerprint density at radius 1 is 0.610 bits per heavy atom. The molecule has 0 saturated heterocycles. The zero-order valence-electron chi connectivity index (χ0n) is 21.9. The van der Waals surface area contributed by atoms with Gasteiger partial charge in [0.05, 0.1) is 17.7 Å². The van der Waals surface area contributed by atoms with Crippen LogP contribution in [-0.4, -0.2) is 6.04 Å². The van der Waals surface area contributed by atoms with Gasteiger partial charge in [-0.3, -0.25) is 0 Å². The molecule has 0 saturated carbocycles. The molecule has 7 aromatic rings. The fourth-order valence-electron chi connectivity index (χ4n) is 6.78. The quantitative estimate of drug-likeness (QED) is 0.225. The van der Waals surface area contributed by atoms with Gasteiger partial charge in [0.1, 0.15) is 22.3 Å². The summed E-state index contributed by atoms with van der Waals surface area (Å²) in [6.07, 6.45) is 8.95. The van der Waals surface area contributed by atoms with Crippen molar-refractivity contribution >= 4 is 55.3 Å². The third kappa shape index (κ3) is 3.15. The molecule has 0 spiro atoms. The lowest BCUT2D eigenvalue weighted by atomic mass is 9.91. The Balaban J connectivity index is 1.24. The lowest BCUT2D eigenvalue weighted by molar-refractivity contribution is 0.656. The van der Waals surface area contributed by atoms with E-state index in [-0.39, 0.29) is 6.04 Å². The summed E-state index contributed by atoms with van der Waals surface area (Å²) in [5.41, 5.74) is 9.87. The maximum Gasteiger partial charge on any atom is 0.139 e. The minimum atomic E-state index is 0.234. The molecular formula is C37H22N2O2. The second kappa shape index (κ2) is 8.24. The summed E-state index contributed by atoms with van der Waals surface area (Å²) < 4.78 is 12.4. The number of hydrogen-bond acceptors (Lipinski definition) is 4. The van der Waals surface area contributed by atoms with Gasteiger partial charge in [-0.1, -0.05) is 66.8 Å². The molecule has 9 rings (SSSR count). The maximum absolute atomic E-state index is 9.44. The fraction of sp³-hybridized carbons (Fsp3) is 0.0541. The molecule has 3 heterocycles. The first-order chi connectivity index (χ1) is 20.3. The highest BCUT2D eigenvalue weighted by Gasteiger charge is 2.37. The Kier molecular flexibility index (Phi) is 4.48. The summed E-state index contributed by atoms with van der Waals surface area (Å²) in [5.74, 6) is 0.332. The first kappa shape index (κ1) is 22.3. The van der Waals surface area contributed by atoms with Crippen molar-refractivity contribution in [3.05, 3.63) is 132 Å². The van der Waals surface area contributed by atoms with Gasteiger partial charge < -0.3 is 13.7 Å². The SMILES string of the molecule is N#Cc1ccc2oc3cc4oc5ccc(-c6ccccc6N6c7ccccc7C7C=CC=CC76)cc5c4cc3c2c1. The Morgan fingerprint density at radius 3 is 2.12 bits per heavy atom. The van der Waals surface area contributed by atoms with Crippen molar-refractivity contribution in [1.82, 2.24) is 0 Å². The lowest BCUT2D eigenvalue weighted by Crippen LogP contribution is -2.28. The molecule has 1 aliphatic carbocycles. The minimum Gasteiger partial charge on any atom is -0.456 e. The van der Waals surface area contributed by atoms with Crippen LogP contribution in [-0.2, 0) is 0 Å². The molecule has 0 radical (unpaired) electrons. The van der Waals surface area contributed by atoms with Gasteiger partial charge in [0, 0.05) is 50.5 Å². The molecule has 2 aromatic heterocycles. The summed E-state index contributed by atoms with van der Waals surface area (Å²) in [4.78, 5) is 2.49. The van der Waals surface area contributed by atoms with Gasteiger partial charge in [-0.05, 0) is 59.7 Å². The van der Waals surface area contributed by atoms with Crippen LogP contribution in [0.1, 0.15) is 17.0 Å². The first-order valence-corrected chi connectivity index (χ1v) is 13.8. The van der Waals surface area contributed by atoms with Gasteiger partial charge in [0.2, 0.25) is 0 Å². The molecule has 192 valence electrons. The van der Waals surface area contributed by atoms with Crippen LogP contribution in [0.15, 0.2) is 130 Å². The van der Waals surface area contributed by atoms with Crippen molar-refractivity contribution in [1.29, 1.82) is 5.26 Å². The molecule has 2 aliphatic rings. The molecule has 4 nitrogen and oxygen atoms in total. The Labute approximate surface area is 235 Å². The number of hydrogen-bond donors (Lipinski definition) is 0. The summed E-state index contributed by atoms with van der Waals surface area (Å²) in [7, 11) is 0. The zero-order valence-corrected chi connectivity index (χ0v) is 21.9. The molecule has 0 fully saturated rings. The van der Waals surface area contributed by atoms with Gasteiger partial charge in [0.25, 0.3) is 0 Å². The molecule has 41 heavy (non-hydrogen) atoms. The van der Waals surface area contributed by atoms with Crippen LogP contribution >= 0.6 is 0 Å². The Morgan fingerprint density at radius 2 is 1.29 bits per heavy atom. The monoisotopic (exact) mass is 526 g/mol. The van der Waals surface area contributed by atoms with E-state index in [1.165, 1.54) is 22.5 Å². The predicted octanol–water partition coefficient (Wildman–Crippen LogP) is 9.75. The van der Waals surface area contributed by atoms with Gasteiger partial charge in [-0.2, -0.15) is 5.26 Å². The van der Waals surface area contributed by atoms with Gasteiger partial charge in [0.15, 0.2) is 0 Å². The number of para-hydroxylation sites is 2. The molecule has 5 aromatic carbocycles. The molecule has 2 atom stereocenters. The topological polar surface area (TPSA) is 53.3 Å². The van der Waals surface area contributed by atoms with Crippen LogP contribution in [0.25, 0.3) is 55.0 Å². The van der Waals surface area contributed by atoms with Crippen LogP contribution in [0.2, 0.25) is 0 Å². The molecule has 4 heteroatoms. The number of furan rings is 2. The van der Waals surface area contributed by atoms with E-state index >= 15 is 0 Å². The second-order valence-electron chi connectivity index (χ2n) is 10.8. The minimum absolute atomic E-state index is 0.234.